The van der Waals surface area contributed by atoms with Gasteiger partial charge in [-0.15, -0.1) is 11.3 Å². The molecule has 0 bridgehead atoms. The van der Waals surface area contributed by atoms with E-state index < -0.39 is 11.7 Å². The van der Waals surface area contributed by atoms with Crippen molar-refractivity contribution >= 4 is 17.2 Å². The monoisotopic (exact) mass is 418 g/mol. The van der Waals surface area contributed by atoms with E-state index in [4.69, 9.17) is 4.74 Å². The van der Waals surface area contributed by atoms with Gasteiger partial charge in [0.1, 0.15) is 23.1 Å². The van der Waals surface area contributed by atoms with E-state index >= 15 is 0 Å². The van der Waals surface area contributed by atoms with Crippen LogP contribution in [0.1, 0.15) is 34.5 Å². The van der Waals surface area contributed by atoms with Crippen molar-refractivity contribution < 1.29 is 22.7 Å². The molecule has 150 valence electrons. The minimum Gasteiger partial charge on any atom is -0.489 e. The van der Waals surface area contributed by atoms with Crippen molar-refractivity contribution in [1.29, 1.82) is 0 Å². The summed E-state index contributed by atoms with van der Waals surface area (Å²) in [5.41, 5.74) is 0.989. The number of thiazole rings is 1. The summed E-state index contributed by atoms with van der Waals surface area (Å²) in [5, 5.41) is 5.35. The predicted octanol–water partition coefficient (Wildman–Crippen LogP) is 5.30. The number of benzene rings is 2. The Balaban J connectivity index is 1.38. The van der Waals surface area contributed by atoms with Gasteiger partial charge in [0.2, 0.25) is 0 Å². The van der Waals surface area contributed by atoms with Gasteiger partial charge in [0.15, 0.2) is 0 Å². The SMILES string of the molecule is O=C(NC1CC1)c1csc(-c2ccc(OCc3cccc(C(F)(F)F)c3)cc2)n1. The van der Waals surface area contributed by atoms with E-state index in [-0.39, 0.29) is 18.6 Å². The highest BCUT2D eigenvalue weighted by Crippen LogP contribution is 2.30. The molecule has 1 saturated carbocycles. The highest BCUT2D eigenvalue weighted by Gasteiger charge is 2.30. The molecule has 1 N–H and O–H groups in total. The summed E-state index contributed by atoms with van der Waals surface area (Å²) in [6.45, 7) is 0.0337. The molecular formula is C21H17F3N2O2S. The number of carbonyl (C=O) groups excluding carboxylic acids is 1. The van der Waals surface area contributed by atoms with Crippen LogP contribution in [0.2, 0.25) is 0 Å². The normalized spacial score (nSPS) is 13.9. The molecule has 1 aromatic heterocycles. The van der Waals surface area contributed by atoms with Gasteiger partial charge in [-0.3, -0.25) is 4.79 Å². The first-order chi connectivity index (χ1) is 13.9. The Morgan fingerprint density at radius 2 is 1.93 bits per heavy atom. The van der Waals surface area contributed by atoms with Crippen LogP contribution in [-0.2, 0) is 12.8 Å². The van der Waals surface area contributed by atoms with E-state index in [0.717, 1.165) is 35.5 Å². The van der Waals surface area contributed by atoms with Crippen LogP contribution >= 0.6 is 11.3 Å². The number of hydrogen-bond acceptors (Lipinski definition) is 4. The third kappa shape index (κ3) is 4.95. The largest absolute Gasteiger partial charge is 0.489 e. The Labute approximate surface area is 169 Å². The molecule has 4 nitrogen and oxygen atoms in total. The van der Waals surface area contributed by atoms with Crippen LogP contribution in [0.25, 0.3) is 10.6 Å². The van der Waals surface area contributed by atoms with E-state index in [9.17, 15) is 18.0 Å². The molecule has 1 amide bonds. The van der Waals surface area contributed by atoms with Gasteiger partial charge in [-0.1, -0.05) is 12.1 Å². The van der Waals surface area contributed by atoms with Gasteiger partial charge in [-0.05, 0) is 54.8 Å². The molecule has 0 radical (unpaired) electrons. The third-order valence-electron chi connectivity index (χ3n) is 4.41. The van der Waals surface area contributed by atoms with Crippen molar-refractivity contribution in [3.8, 4) is 16.3 Å². The van der Waals surface area contributed by atoms with E-state index in [1.54, 1.807) is 23.6 Å². The highest BCUT2D eigenvalue weighted by molar-refractivity contribution is 7.13. The number of hydrogen-bond donors (Lipinski definition) is 1. The average molecular weight is 418 g/mol. The van der Waals surface area contributed by atoms with Crippen molar-refractivity contribution in [2.45, 2.75) is 31.7 Å². The van der Waals surface area contributed by atoms with Crippen LogP contribution in [0.4, 0.5) is 13.2 Å². The van der Waals surface area contributed by atoms with E-state index in [2.05, 4.69) is 10.3 Å². The number of nitrogens with one attached hydrogen (secondary N) is 1. The molecule has 3 aromatic rings. The molecule has 0 unspecified atom stereocenters. The number of nitrogens with zero attached hydrogens (tertiary/aromatic N) is 1. The minimum atomic E-state index is -4.38. The molecule has 2 aromatic carbocycles. The summed E-state index contributed by atoms with van der Waals surface area (Å²) in [6.07, 6.45) is -2.34. The number of carbonyl (C=O) groups is 1. The molecular weight excluding hydrogens is 401 g/mol. The summed E-state index contributed by atoms with van der Waals surface area (Å²) in [5.74, 6) is 0.380. The Morgan fingerprint density at radius 1 is 1.17 bits per heavy atom. The molecule has 0 atom stereocenters. The van der Waals surface area contributed by atoms with Crippen LogP contribution < -0.4 is 10.1 Å². The zero-order valence-electron chi connectivity index (χ0n) is 15.2. The number of alkyl halides is 3. The van der Waals surface area contributed by atoms with Crippen LogP contribution in [0.3, 0.4) is 0 Å². The summed E-state index contributed by atoms with van der Waals surface area (Å²) >= 11 is 1.38. The Morgan fingerprint density at radius 3 is 2.62 bits per heavy atom. The second-order valence-electron chi connectivity index (χ2n) is 6.80. The Hall–Kier alpha value is -2.87. The first-order valence-electron chi connectivity index (χ1n) is 9.04. The van der Waals surface area contributed by atoms with E-state index in [1.165, 1.54) is 17.4 Å². The molecule has 1 fully saturated rings. The Kier molecular flexibility index (Phi) is 5.27. The third-order valence-corrected chi connectivity index (χ3v) is 5.30. The smallest absolute Gasteiger partial charge is 0.416 e. The lowest BCUT2D eigenvalue weighted by molar-refractivity contribution is -0.137. The molecule has 0 spiro atoms. The van der Waals surface area contributed by atoms with E-state index in [0.29, 0.717) is 17.0 Å². The number of halogens is 3. The maximum absolute atomic E-state index is 12.8. The maximum atomic E-state index is 12.8. The summed E-state index contributed by atoms with van der Waals surface area (Å²) in [6, 6.07) is 12.4. The quantitative estimate of drug-likeness (QED) is 0.591. The second kappa shape index (κ2) is 7.87. The predicted molar refractivity (Wildman–Crippen MR) is 104 cm³/mol. The number of aromatic nitrogens is 1. The molecule has 0 aliphatic heterocycles. The van der Waals surface area contributed by atoms with Crippen LogP contribution in [0.5, 0.6) is 5.75 Å². The minimum absolute atomic E-state index is 0.0337. The zero-order valence-corrected chi connectivity index (χ0v) is 16.0. The first kappa shape index (κ1) is 19.4. The van der Waals surface area contributed by atoms with Gasteiger partial charge >= 0.3 is 6.18 Å². The molecule has 29 heavy (non-hydrogen) atoms. The molecule has 1 aliphatic carbocycles. The molecule has 4 rings (SSSR count). The summed E-state index contributed by atoms with van der Waals surface area (Å²) in [4.78, 5) is 16.4. The van der Waals surface area contributed by atoms with Crippen molar-refractivity contribution in [2.24, 2.45) is 0 Å². The number of ether oxygens (including phenoxy) is 1. The molecule has 8 heteroatoms. The van der Waals surface area contributed by atoms with Gasteiger partial charge in [0, 0.05) is 17.0 Å². The fourth-order valence-electron chi connectivity index (χ4n) is 2.70. The molecule has 0 saturated heterocycles. The molecule has 1 heterocycles. The van der Waals surface area contributed by atoms with Gasteiger partial charge in [-0.25, -0.2) is 4.98 Å². The zero-order chi connectivity index (χ0) is 20.4. The number of rotatable bonds is 6. The van der Waals surface area contributed by atoms with Gasteiger partial charge < -0.3 is 10.1 Å². The average Bonchev–Trinajstić information content (AvgIpc) is 3.38. The lowest BCUT2D eigenvalue weighted by Crippen LogP contribution is -2.25. The second-order valence-corrected chi connectivity index (χ2v) is 7.65. The Bertz CT molecular complexity index is 1010. The molecule has 1 aliphatic rings. The van der Waals surface area contributed by atoms with Crippen LogP contribution in [0.15, 0.2) is 53.9 Å². The van der Waals surface area contributed by atoms with Gasteiger partial charge in [-0.2, -0.15) is 13.2 Å². The van der Waals surface area contributed by atoms with Gasteiger partial charge in [0.25, 0.3) is 5.91 Å². The van der Waals surface area contributed by atoms with Crippen molar-refractivity contribution in [3.05, 3.63) is 70.7 Å². The topological polar surface area (TPSA) is 51.2 Å². The first-order valence-corrected chi connectivity index (χ1v) is 9.92. The number of amides is 1. The van der Waals surface area contributed by atoms with Crippen LogP contribution in [0, 0.1) is 0 Å². The lowest BCUT2D eigenvalue weighted by Gasteiger charge is -2.10. The summed E-state index contributed by atoms with van der Waals surface area (Å²) < 4.78 is 43.9. The highest BCUT2D eigenvalue weighted by atomic mass is 32.1. The van der Waals surface area contributed by atoms with Gasteiger partial charge in [0.05, 0.1) is 5.56 Å². The fraction of sp³-hybridized carbons (Fsp3) is 0.238. The standard InChI is InChI=1S/C21H17F3N2O2S/c22-21(23,24)15-3-1-2-13(10-15)11-28-17-8-4-14(5-9-17)20-26-18(12-29-20)19(27)25-16-6-7-16/h1-5,8-10,12,16H,6-7,11H2,(H,25,27). The van der Waals surface area contributed by atoms with Crippen LogP contribution in [-0.4, -0.2) is 16.9 Å². The fourth-order valence-corrected chi connectivity index (χ4v) is 3.50. The lowest BCUT2D eigenvalue weighted by atomic mass is 10.1. The van der Waals surface area contributed by atoms with E-state index in [1.807, 2.05) is 12.1 Å². The van der Waals surface area contributed by atoms with Crippen molar-refractivity contribution in [2.75, 3.05) is 0 Å². The summed E-state index contributed by atoms with van der Waals surface area (Å²) in [7, 11) is 0. The van der Waals surface area contributed by atoms with Crippen molar-refractivity contribution in [3.63, 3.8) is 0 Å². The maximum Gasteiger partial charge on any atom is 0.416 e. The van der Waals surface area contributed by atoms with Crippen molar-refractivity contribution in [1.82, 2.24) is 10.3 Å².